The van der Waals surface area contributed by atoms with E-state index in [0.717, 1.165) is 12.8 Å². The Bertz CT molecular complexity index is 501. The summed E-state index contributed by atoms with van der Waals surface area (Å²) in [7, 11) is 0. The first-order valence-corrected chi connectivity index (χ1v) is 6.15. The van der Waals surface area contributed by atoms with Crippen molar-refractivity contribution in [2.24, 2.45) is 0 Å². The zero-order valence-electron chi connectivity index (χ0n) is 10.4. The maximum absolute atomic E-state index is 11.8. The van der Waals surface area contributed by atoms with E-state index in [0.29, 0.717) is 18.7 Å². The molecule has 1 amide bonds. The number of rotatable bonds is 3. The summed E-state index contributed by atoms with van der Waals surface area (Å²) in [4.78, 5) is 22.9. The van der Waals surface area contributed by atoms with Gasteiger partial charge in [-0.2, -0.15) is 0 Å². The number of aromatic carboxylic acids is 1. The lowest BCUT2D eigenvalue weighted by Gasteiger charge is -2.17. The van der Waals surface area contributed by atoms with Crippen molar-refractivity contribution < 1.29 is 19.4 Å². The van der Waals surface area contributed by atoms with Crippen LogP contribution in [-0.4, -0.2) is 29.6 Å². The molecule has 4 N–H and O–H groups in total. The standard InChI is InChI=1S/C13H16N2O4/c14-8-4-5-9(13(17)18)11(7-8)19-10-3-1-2-6-15-12(10)16/h4-5,7,10H,1-3,6,14H2,(H,15,16)(H,17,18). The molecule has 2 rings (SSSR count). The third kappa shape index (κ3) is 3.15. The van der Waals surface area contributed by atoms with E-state index in [-0.39, 0.29) is 17.2 Å². The molecule has 0 bridgehead atoms. The highest BCUT2D eigenvalue weighted by atomic mass is 16.5. The molecule has 1 fully saturated rings. The van der Waals surface area contributed by atoms with E-state index in [2.05, 4.69) is 5.32 Å². The number of hydrogen-bond acceptors (Lipinski definition) is 4. The average Bonchev–Trinajstić information content (AvgIpc) is 2.55. The minimum atomic E-state index is -1.11. The molecule has 1 aromatic carbocycles. The predicted molar refractivity (Wildman–Crippen MR) is 69.1 cm³/mol. The summed E-state index contributed by atoms with van der Waals surface area (Å²) in [6.45, 7) is 0.626. The Morgan fingerprint density at radius 1 is 1.42 bits per heavy atom. The molecule has 1 unspecified atom stereocenters. The van der Waals surface area contributed by atoms with E-state index < -0.39 is 12.1 Å². The van der Waals surface area contributed by atoms with Gasteiger partial charge < -0.3 is 20.9 Å². The van der Waals surface area contributed by atoms with E-state index >= 15 is 0 Å². The fourth-order valence-corrected chi connectivity index (χ4v) is 1.99. The van der Waals surface area contributed by atoms with Crippen molar-refractivity contribution in [1.82, 2.24) is 5.32 Å². The van der Waals surface area contributed by atoms with Crippen molar-refractivity contribution in [2.45, 2.75) is 25.4 Å². The SMILES string of the molecule is Nc1ccc(C(=O)O)c(OC2CCCCNC2=O)c1. The van der Waals surface area contributed by atoms with Crippen LogP contribution >= 0.6 is 0 Å². The quantitative estimate of drug-likeness (QED) is 0.707. The largest absolute Gasteiger partial charge is 0.480 e. The molecule has 0 spiro atoms. The van der Waals surface area contributed by atoms with E-state index in [9.17, 15) is 9.59 Å². The van der Waals surface area contributed by atoms with Gasteiger partial charge in [-0.3, -0.25) is 4.79 Å². The Kier molecular flexibility index (Phi) is 3.89. The molecule has 1 atom stereocenters. The number of carbonyl (C=O) groups excluding carboxylic acids is 1. The number of ether oxygens (including phenoxy) is 1. The topological polar surface area (TPSA) is 102 Å². The zero-order chi connectivity index (χ0) is 13.8. The van der Waals surface area contributed by atoms with Gasteiger partial charge in [0, 0.05) is 18.3 Å². The zero-order valence-corrected chi connectivity index (χ0v) is 10.4. The summed E-state index contributed by atoms with van der Waals surface area (Å²) >= 11 is 0. The summed E-state index contributed by atoms with van der Waals surface area (Å²) in [5, 5.41) is 11.8. The van der Waals surface area contributed by atoms with Crippen LogP contribution in [0.3, 0.4) is 0 Å². The van der Waals surface area contributed by atoms with Crippen molar-refractivity contribution in [3.05, 3.63) is 23.8 Å². The van der Waals surface area contributed by atoms with Gasteiger partial charge in [0.1, 0.15) is 11.3 Å². The number of nitrogens with two attached hydrogens (primary N) is 1. The minimum Gasteiger partial charge on any atom is -0.480 e. The molecule has 102 valence electrons. The Morgan fingerprint density at radius 3 is 2.95 bits per heavy atom. The van der Waals surface area contributed by atoms with Gasteiger partial charge in [0.15, 0.2) is 6.10 Å². The monoisotopic (exact) mass is 264 g/mol. The van der Waals surface area contributed by atoms with Gasteiger partial charge >= 0.3 is 5.97 Å². The second-order valence-electron chi connectivity index (χ2n) is 4.45. The highest BCUT2D eigenvalue weighted by Gasteiger charge is 2.24. The number of anilines is 1. The minimum absolute atomic E-state index is 0.00578. The van der Waals surface area contributed by atoms with Crippen LogP contribution in [0.4, 0.5) is 5.69 Å². The number of nitrogen functional groups attached to an aromatic ring is 1. The lowest BCUT2D eigenvalue weighted by molar-refractivity contribution is -0.127. The number of carboxylic acids is 1. The first-order chi connectivity index (χ1) is 9.08. The molecule has 1 aromatic rings. The van der Waals surface area contributed by atoms with E-state index in [1.165, 1.54) is 18.2 Å². The lowest BCUT2D eigenvalue weighted by atomic mass is 10.1. The molecule has 1 heterocycles. The molecule has 0 saturated carbocycles. The lowest BCUT2D eigenvalue weighted by Crippen LogP contribution is -2.36. The summed E-state index contributed by atoms with van der Waals surface area (Å²) in [5.74, 6) is -1.19. The molecule has 1 aliphatic heterocycles. The van der Waals surface area contributed by atoms with E-state index in [4.69, 9.17) is 15.6 Å². The summed E-state index contributed by atoms with van der Waals surface area (Å²) in [5.41, 5.74) is 6.03. The second-order valence-corrected chi connectivity index (χ2v) is 4.45. The molecule has 0 aromatic heterocycles. The Morgan fingerprint density at radius 2 is 2.21 bits per heavy atom. The fourth-order valence-electron chi connectivity index (χ4n) is 1.99. The van der Waals surface area contributed by atoms with Crippen molar-refractivity contribution in [1.29, 1.82) is 0 Å². The third-order valence-electron chi connectivity index (χ3n) is 2.99. The Labute approximate surface area is 110 Å². The van der Waals surface area contributed by atoms with Gasteiger partial charge in [-0.05, 0) is 31.4 Å². The van der Waals surface area contributed by atoms with Crippen LogP contribution in [-0.2, 0) is 4.79 Å². The number of carbonyl (C=O) groups is 2. The van der Waals surface area contributed by atoms with Crippen LogP contribution in [0, 0.1) is 0 Å². The Hall–Kier alpha value is -2.24. The van der Waals surface area contributed by atoms with Crippen LogP contribution < -0.4 is 15.8 Å². The van der Waals surface area contributed by atoms with Gasteiger partial charge in [-0.15, -0.1) is 0 Å². The van der Waals surface area contributed by atoms with Gasteiger partial charge in [0.25, 0.3) is 5.91 Å². The molecular formula is C13H16N2O4. The average molecular weight is 264 g/mol. The summed E-state index contributed by atoms with van der Waals surface area (Å²) in [6, 6.07) is 4.30. The van der Waals surface area contributed by atoms with Crippen LogP contribution in [0.5, 0.6) is 5.75 Å². The second kappa shape index (κ2) is 5.60. The van der Waals surface area contributed by atoms with Gasteiger partial charge in [-0.25, -0.2) is 4.79 Å². The number of nitrogens with one attached hydrogen (secondary N) is 1. The number of amides is 1. The maximum Gasteiger partial charge on any atom is 0.339 e. The molecular weight excluding hydrogens is 248 g/mol. The molecule has 0 radical (unpaired) electrons. The van der Waals surface area contributed by atoms with E-state index in [1.54, 1.807) is 0 Å². The smallest absolute Gasteiger partial charge is 0.339 e. The number of benzene rings is 1. The van der Waals surface area contributed by atoms with Crippen LogP contribution in [0.15, 0.2) is 18.2 Å². The van der Waals surface area contributed by atoms with Crippen LogP contribution in [0.2, 0.25) is 0 Å². The molecule has 0 aliphatic carbocycles. The van der Waals surface area contributed by atoms with Crippen molar-refractivity contribution in [3.63, 3.8) is 0 Å². The molecule has 6 nitrogen and oxygen atoms in total. The van der Waals surface area contributed by atoms with Gasteiger partial charge in [-0.1, -0.05) is 0 Å². The molecule has 6 heteroatoms. The third-order valence-corrected chi connectivity index (χ3v) is 2.99. The number of hydrogen-bond donors (Lipinski definition) is 3. The van der Waals surface area contributed by atoms with Crippen molar-refractivity contribution in [3.8, 4) is 5.75 Å². The van der Waals surface area contributed by atoms with Gasteiger partial charge in [0.05, 0.1) is 0 Å². The predicted octanol–water partition coefficient (Wildman–Crippen LogP) is 1.01. The fraction of sp³-hybridized carbons (Fsp3) is 0.385. The van der Waals surface area contributed by atoms with Crippen LogP contribution in [0.25, 0.3) is 0 Å². The van der Waals surface area contributed by atoms with Crippen LogP contribution in [0.1, 0.15) is 29.6 Å². The van der Waals surface area contributed by atoms with Crippen molar-refractivity contribution >= 4 is 17.6 Å². The molecule has 19 heavy (non-hydrogen) atoms. The summed E-state index contributed by atoms with van der Waals surface area (Å²) < 4.78 is 5.55. The highest BCUT2D eigenvalue weighted by Crippen LogP contribution is 2.24. The first-order valence-electron chi connectivity index (χ1n) is 6.15. The normalized spacial score (nSPS) is 19.4. The molecule has 1 saturated heterocycles. The maximum atomic E-state index is 11.8. The van der Waals surface area contributed by atoms with Crippen molar-refractivity contribution in [2.75, 3.05) is 12.3 Å². The van der Waals surface area contributed by atoms with E-state index in [1.807, 2.05) is 0 Å². The molecule has 1 aliphatic rings. The number of carboxylic acid groups (broad SMARTS) is 1. The Balaban J connectivity index is 2.23. The summed E-state index contributed by atoms with van der Waals surface area (Å²) in [6.07, 6.45) is 1.66. The van der Waals surface area contributed by atoms with Gasteiger partial charge in [0.2, 0.25) is 0 Å². The first kappa shape index (κ1) is 13.2. The highest BCUT2D eigenvalue weighted by molar-refractivity contribution is 5.92.